The number of ether oxygens (including phenoxy) is 2. The number of hydrogen-bond donors (Lipinski definition) is 2. The number of amides is 1. The number of rotatable bonds is 6. The molecule has 1 amide bonds. The SMILES string of the molecule is COc1ccc(CNC(=O)COC(=O)c2c(C)noc2N)cc1. The fourth-order valence-electron chi connectivity index (χ4n) is 1.83. The molecule has 1 heterocycles. The summed E-state index contributed by atoms with van der Waals surface area (Å²) < 4.78 is 14.6. The Morgan fingerprint density at radius 1 is 1.30 bits per heavy atom. The van der Waals surface area contributed by atoms with Crippen LogP contribution in [0.3, 0.4) is 0 Å². The Labute approximate surface area is 132 Å². The smallest absolute Gasteiger partial charge is 0.346 e. The fraction of sp³-hybridized carbons (Fsp3) is 0.267. The first kappa shape index (κ1) is 16.3. The number of nitrogens with one attached hydrogen (secondary N) is 1. The van der Waals surface area contributed by atoms with Gasteiger partial charge in [0.05, 0.1) is 12.8 Å². The maximum atomic E-state index is 11.8. The average molecular weight is 319 g/mol. The zero-order chi connectivity index (χ0) is 16.8. The molecule has 0 fully saturated rings. The summed E-state index contributed by atoms with van der Waals surface area (Å²) in [7, 11) is 1.58. The molecule has 3 N–H and O–H groups in total. The van der Waals surface area contributed by atoms with Gasteiger partial charge >= 0.3 is 5.97 Å². The van der Waals surface area contributed by atoms with Crippen molar-refractivity contribution in [3.05, 3.63) is 41.1 Å². The molecule has 0 saturated heterocycles. The molecule has 23 heavy (non-hydrogen) atoms. The number of hydrogen-bond acceptors (Lipinski definition) is 7. The Balaban J connectivity index is 1.79. The van der Waals surface area contributed by atoms with Crippen LogP contribution in [0.5, 0.6) is 5.75 Å². The Kier molecular flexibility index (Phi) is 5.19. The molecular formula is C15H17N3O5. The second-order valence-electron chi connectivity index (χ2n) is 4.71. The average Bonchev–Trinajstić information content (AvgIpc) is 2.90. The monoisotopic (exact) mass is 319 g/mol. The van der Waals surface area contributed by atoms with Gasteiger partial charge in [-0.05, 0) is 24.6 Å². The quantitative estimate of drug-likeness (QED) is 0.764. The number of carbonyl (C=O) groups is 2. The van der Waals surface area contributed by atoms with E-state index in [1.165, 1.54) is 0 Å². The summed E-state index contributed by atoms with van der Waals surface area (Å²) in [5.74, 6) is -0.579. The van der Waals surface area contributed by atoms with Crippen molar-refractivity contribution in [1.82, 2.24) is 10.5 Å². The summed E-state index contributed by atoms with van der Waals surface area (Å²) in [6.45, 7) is 1.45. The summed E-state index contributed by atoms with van der Waals surface area (Å²) in [5, 5.41) is 6.18. The highest BCUT2D eigenvalue weighted by molar-refractivity contribution is 5.96. The van der Waals surface area contributed by atoms with Crippen LogP contribution in [0, 0.1) is 6.92 Å². The minimum atomic E-state index is -0.749. The molecule has 0 aliphatic rings. The first-order chi connectivity index (χ1) is 11.0. The van der Waals surface area contributed by atoms with Gasteiger partial charge in [0, 0.05) is 6.54 Å². The van der Waals surface area contributed by atoms with Crippen molar-refractivity contribution < 1.29 is 23.6 Å². The van der Waals surface area contributed by atoms with Crippen LogP contribution in [0.1, 0.15) is 21.6 Å². The van der Waals surface area contributed by atoms with Crippen LogP contribution in [-0.2, 0) is 16.1 Å². The predicted octanol–water partition coefficient (Wildman–Crippen LogP) is 1.05. The van der Waals surface area contributed by atoms with Gasteiger partial charge in [0.15, 0.2) is 6.61 Å². The molecule has 0 radical (unpaired) electrons. The van der Waals surface area contributed by atoms with E-state index in [4.69, 9.17) is 15.2 Å². The summed E-state index contributed by atoms with van der Waals surface area (Å²) in [6.07, 6.45) is 0. The van der Waals surface area contributed by atoms with E-state index in [0.717, 1.165) is 11.3 Å². The molecule has 0 spiro atoms. The number of anilines is 1. The molecule has 122 valence electrons. The lowest BCUT2D eigenvalue weighted by Crippen LogP contribution is -2.28. The number of aromatic nitrogens is 1. The van der Waals surface area contributed by atoms with Gasteiger partial charge in [-0.1, -0.05) is 17.3 Å². The highest BCUT2D eigenvalue weighted by atomic mass is 16.5. The molecule has 0 saturated carbocycles. The Hall–Kier alpha value is -3.03. The lowest BCUT2D eigenvalue weighted by Gasteiger charge is -2.07. The van der Waals surface area contributed by atoms with Crippen LogP contribution in [0.4, 0.5) is 5.88 Å². The number of nitrogens with two attached hydrogens (primary N) is 1. The van der Waals surface area contributed by atoms with E-state index in [1.54, 1.807) is 26.2 Å². The first-order valence-corrected chi connectivity index (χ1v) is 6.79. The van der Waals surface area contributed by atoms with Gasteiger partial charge in [-0.15, -0.1) is 0 Å². The van der Waals surface area contributed by atoms with Crippen molar-refractivity contribution in [3.63, 3.8) is 0 Å². The van der Waals surface area contributed by atoms with Crippen LogP contribution in [0.2, 0.25) is 0 Å². The number of aryl methyl sites for hydroxylation is 1. The van der Waals surface area contributed by atoms with E-state index < -0.39 is 18.5 Å². The standard InChI is InChI=1S/C15H17N3O5/c1-9-13(14(16)23-18-9)15(20)22-8-12(19)17-7-10-3-5-11(21-2)6-4-10/h3-6H,7-8,16H2,1-2H3,(H,17,19). The van der Waals surface area contributed by atoms with Crippen molar-refractivity contribution >= 4 is 17.8 Å². The third-order valence-electron chi connectivity index (χ3n) is 3.08. The van der Waals surface area contributed by atoms with Crippen LogP contribution in [0.25, 0.3) is 0 Å². The number of methoxy groups -OCH3 is 1. The Morgan fingerprint density at radius 3 is 2.57 bits per heavy atom. The van der Waals surface area contributed by atoms with Gasteiger partial charge in [-0.25, -0.2) is 4.79 Å². The maximum Gasteiger partial charge on any atom is 0.346 e. The number of nitrogen functional groups attached to an aromatic ring is 1. The molecule has 2 aromatic rings. The van der Waals surface area contributed by atoms with E-state index in [9.17, 15) is 9.59 Å². The first-order valence-electron chi connectivity index (χ1n) is 6.79. The lowest BCUT2D eigenvalue weighted by molar-refractivity contribution is -0.124. The van der Waals surface area contributed by atoms with E-state index >= 15 is 0 Å². The molecule has 8 heteroatoms. The van der Waals surface area contributed by atoms with Crippen molar-refractivity contribution in [1.29, 1.82) is 0 Å². The second kappa shape index (κ2) is 7.30. The Bertz CT molecular complexity index is 674. The summed E-state index contributed by atoms with van der Waals surface area (Å²) in [4.78, 5) is 23.5. The molecule has 0 bridgehead atoms. The van der Waals surface area contributed by atoms with Gasteiger partial charge in [0.25, 0.3) is 5.91 Å². The van der Waals surface area contributed by atoms with Gasteiger partial charge in [0.1, 0.15) is 11.3 Å². The van der Waals surface area contributed by atoms with E-state index in [2.05, 4.69) is 15.0 Å². The van der Waals surface area contributed by atoms with Gasteiger partial charge in [-0.3, -0.25) is 4.79 Å². The summed E-state index contributed by atoms with van der Waals surface area (Å²) >= 11 is 0. The van der Waals surface area contributed by atoms with Crippen molar-refractivity contribution in [2.75, 3.05) is 19.5 Å². The van der Waals surface area contributed by atoms with Crippen molar-refractivity contribution in [3.8, 4) is 5.75 Å². The third kappa shape index (κ3) is 4.22. The Morgan fingerprint density at radius 2 is 2.00 bits per heavy atom. The largest absolute Gasteiger partial charge is 0.497 e. The third-order valence-corrected chi connectivity index (χ3v) is 3.08. The van der Waals surface area contributed by atoms with Crippen molar-refractivity contribution in [2.45, 2.75) is 13.5 Å². The van der Waals surface area contributed by atoms with Gasteiger partial charge in [-0.2, -0.15) is 0 Å². The predicted molar refractivity (Wildman–Crippen MR) is 80.8 cm³/mol. The number of esters is 1. The molecule has 0 unspecified atom stereocenters. The molecule has 0 atom stereocenters. The lowest BCUT2D eigenvalue weighted by atomic mass is 10.2. The molecule has 2 rings (SSSR count). The number of carbonyl (C=O) groups excluding carboxylic acids is 2. The summed E-state index contributed by atoms with van der Waals surface area (Å²) in [5.41, 5.74) is 6.71. The fourth-order valence-corrected chi connectivity index (χ4v) is 1.83. The summed E-state index contributed by atoms with van der Waals surface area (Å²) in [6, 6.07) is 7.23. The van der Waals surface area contributed by atoms with Crippen molar-refractivity contribution in [2.24, 2.45) is 0 Å². The van der Waals surface area contributed by atoms with Gasteiger partial charge < -0.3 is 25.0 Å². The highest BCUT2D eigenvalue weighted by Gasteiger charge is 2.20. The van der Waals surface area contributed by atoms with Crippen LogP contribution < -0.4 is 15.8 Å². The van der Waals surface area contributed by atoms with Crippen LogP contribution >= 0.6 is 0 Å². The minimum Gasteiger partial charge on any atom is -0.497 e. The normalized spacial score (nSPS) is 10.2. The number of nitrogens with zero attached hydrogens (tertiary/aromatic N) is 1. The highest BCUT2D eigenvalue weighted by Crippen LogP contribution is 2.16. The number of benzene rings is 1. The second-order valence-corrected chi connectivity index (χ2v) is 4.71. The van der Waals surface area contributed by atoms with E-state index in [0.29, 0.717) is 12.2 Å². The minimum absolute atomic E-state index is 0.0351. The molecule has 1 aromatic heterocycles. The molecule has 8 nitrogen and oxygen atoms in total. The van der Waals surface area contributed by atoms with Gasteiger partial charge in [0.2, 0.25) is 5.88 Å². The molecule has 0 aliphatic carbocycles. The van der Waals surface area contributed by atoms with Crippen LogP contribution in [0.15, 0.2) is 28.8 Å². The van der Waals surface area contributed by atoms with E-state index in [-0.39, 0.29) is 11.4 Å². The zero-order valence-electron chi connectivity index (χ0n) is 12.8. The molecule has 1 aromatic carbocycles. The topological polar surface area (TPSA) is 117 Å². The molecular weight excluding hydrogens is 302 g/mol. The van der Waals surface area contributed by atoms with E-state index in [1.807, 2.05) is 12.1 Å². The van der Waals surface area contributed by atoms with Crippen LogP contribution in [-0.4, -0.2) is 30.7 Å². The molecule has 0 aliphatic heterocycles. The maximum absolute atomic E-state index is 11.8. The zero-order valence-corrected chi connectivity index (χ0v) is 12.8.